The van der Waals surface area contributed by atoms with Crippen molar-refractivity contribution in [3.63, 3.8) is 0 Å². The molecule has 0 aromatic heterocycles. The topological polar surface area (TPSA) is 83.6 Å². The van der Waals surface area contributed by atoms with Crippen LogP contribution in [-0.4, -0.2) is 45.7 Å². The van der Waals surface area contributed by atoms with Gasteiger partial charge < -0.3 is 15.7 Å². The highest BCUT2D eigenvalue weighted by Gasteiger charge is 2.60. The molecule has 1 aliphatic heterocycles. The summed E-state index contributed by atoms with van der Waals surface area (Å²) in [5, 5.41) is 9.37. The SMILES string of the molecule is CCCC1(C(=O)O)CCCN1C(=O)C(C)(N)C(F)(F)F. The predicted molar refractivity (Wildman–Crippen MR) is 64.9 cm³/mol. The lowest BCUT2D eigenvalue weighted by Gasteiger charge is -2.39. The van der Waals surface area contributed by atoms with Crippen molar-refractivity contribution < 1.29 is 27.9 Å². The molecule has 2 unspecified atom stereocenters. The molecule has 0 aromatic carbocycles. The minimum absolute atomic E-state index is 0.0198. The molecule has 0 aromatic rings. The maximum atomic E-state index is 12.9. The average molecular weight is 296 g/mol. The molecule has 8 heteroatoms. The van der Waals surface area contributed by atoms with Crippen LogP contribution in [-0.2, 0) is 9.59 Å². The molecule has 1 heterocycles. The first kappa shape index (κ1) is 16.7. The second kappa shape index (κ2) is 5.23. The van der Waals surface area contributed by atoms with Crippen LogP contribution < -0.4 is 5.73 Å². The van der Waals surface area contributed by atoms with Crippen molar-refractivity contribution in [1.82, 2.24) is 4.90 Å². The summed E-state index contributed by atoms with van der Waals surface area (Å²) in [5.74, 6) is -2.65. The summed E-state index contributed by atoms with van der Waals surface area (Å²) in [4.78, 5) is 24.4. The Morgan fingerprint density at radius 2 is 1.95 bits per heavy atom. The van der Waals surface area contributed by atoms with Gasteiger partial charge in [0.15, 0.2) is 5.54 Å². The quantitative estimate of drug-likeness (QED) is 0.823. The van der Waals surface area contributed by atoms with Crippen LogP contribution in [0.1, 0.15) is 39.5 Å². The van der Waals surface area contributed by atoms with Gasteiger partial charge in [0, 0.05) is 6.54 Å². The molecule has 20 heavy (non-hydrogen) atoms. The van der Waals surface area contributed by atoms with Crippen LogP contribution in [0.3, 0.4) is 0 Å². The standard InChI is InChI=1S/C12H19F3N2O3/c1-3-5-11(9(19)20)6-4-7-17(11)8(18)10(2,16)12(13,14)15/h3-7,16H2,1-2H3,(H,19,20). The highest BCUT2D eigenvalue weighted by molar-refractivity contribution is 5.93. The van der Waals surface area contributed by atoms with Crippen LogP contribution in [0.15, 0.2) is 0 Å². The van der Waals surface area contributed by atoms with E-state index in [0.29, 0.717) is 19.8 Å². The van der Waals surface area contributed by atoms with Crippen LogP contribution in [0.2, 0.25) is 0 Å². The smallest absolute Gasteiger partial charge is 0.415 e. The average Bonchev–Trinajstić information content (AvgIpc) is 2.72. The fourth-order valence-electron chi connectivity index (χ4n) is 2.58. The van der Waals surface area contributed by atoms with E-state index in [1.54, 1.807) is 6.92 Å². The number of amides is 1. The summed E-state index contributed by atoms with van der Waals surface area (Å²) in [6.45, 7) is 2.28. The minimum Gasteiger partial charge on any atom is -0.479 e. The zero-order valence-corrected chi connectivity index (χ0v) is 11.5. The fraction of sp³-hybridized carbons (Fsp3) is 0.833. The first-order chi connectivity index (χ1) is 9.00. The van der Waals surface area contributed by atoms with Crippen LogP contribution in [0.25, 0.3) is 0 Å². The number of nitrogens with two attached hydrogens (primary N) is 1. The zero-order valence-electron chi connectivity index (χ0n) is 11.5. The second-order valence-electron chi connectivity index (χ2n) is 5.35. The van der Waals surface area contributed by atoms with Crippen molar-refractivity contribution in [3.8, 4) is 0 Å². The number of carbonyl (C=O) groups excluding carboxylic acids is 1. The maximum absolute atomic E-state index is 12.9. The Labute approximate surface area is 114 Å². The Kier molecular flexibility index (Phi) is 4.38. The highest BCUT2D eigenvalue weighted by atomic mass is 19.4. The van der Waals surface area contributed by atoms with Gasteiger partial charge >= 0.3 is 12.1 Å². The van der Waals surface area contributed by atoms with Gasteiger partial charge in [-0.1, -0.05) is 13.3 Å². The van der Waals surface area contributed by atoms with Gasteiger partial charge in [0.2, 0.25) is 0 Å². The summed E-state index contributed by atoms with van der Waals surface area (Å²) in [6, 6.07) is 0. The number of nitrogens with zero attached hydrogens (tertiary/aromatic N) is 1. The molecule has 1 fully saturated rings. The Morgan fingerprint density at radius 1 is 1.40 bits per heavy atom. The molecule has 1 rings (SSSR count). The van der Waals surface area contributed by atoms with E-state index in [9.17, 15) is 27.9 Å². The van der Waals surface area contributed by atoms with E-state index in [4.69, 9.17) is 5.73 Å². The molecule has 2 atom stereocenters. The van der Waals surface area contributed by atoms with Crippen LogP contribution >= 0.6 is 0 Å². The normalized spacial score (nSPS) is 26.4. The summed E-state index contributed by atoms with van der Waals surface area (Å²) in [5.41, 5.74) is 0.476. The van der Waals surface area contributed by atoms with Crippen molar-refractivity contribution in [2.75, 3.05) is 6.54 Å². The molecular weight excluding hydrogens is 277 g/mol. The molecule has 116 valence electrons. The Balaban J connectivity index is 3.17. The number of halogens is 3. The number of rotatable bonds is 4. The molecule has 0 spiro atoms. The van der Waals surface area contributed by atoms with Crippen molar-refractivity contribution in [3.05, 3.63) is 0 Å². The van der Waals surface area contributed by atoms with E-state index in [0.717, 1.165) is 4.90 Å². The van der Waals surface area contributed by atoms with E-state index in [1.165, 1.54) is 0 Å². The fourth-order valence-corrected chi connectivity index (χ4v) is 2.58. The molecule has 1 aliphatic rings. The number of carboxylic acid groups (broad SMARTS) is 1. The van der Waals surface area contributed by atoms with Gasteiger partial charge in [0.05, 0.1) is 0 Å². The molecule has 5 nitrogen and oxygen atoms in total. The lowest BCUT2D eigenvalue weighted by molar-refractivity contribution is -0.198. The Bertz CT molecular complexity index is 409. The number of carboxylic acids is 1. The third kappa shape index (κ3) is 2.48. The lowest BCUT2D eigenvalue weighted by atomic mass is 9.88. The van der Waals surface area contributed by atoms with E-state index in [1.807, 2.05) is 0 Å². The van der Waals surface area contributed by atoms with E-state index in [-0.39, 0.29) is 19.4 Å². The van der Waals surface area contributed by atoms with Crippen molar-refractivity contribution in [1.29, 1.82) is 0 Å². The monoisotopic (exact) mass is 296 g/mol. The van der Waals surface area contributed by atoms with Crippen LogP contribution in [0, 0.1) is 0 Å². The van der Waals surface area contributed by atoms with E-state index < -0.39 is 29.1 Å². The highest BCUT2D eigenvalue weighted by Crippen LogP contribution is 2.38. The van der Waals surface area contributed by atoms with Crippen molar-refractivity contribution in [2.24, 2.45) is 5.73 Å². The largest absolute Gasteiger partial charge is 0.479 e. The third-order valence-electron chi connectivity index (χ3n) is 3.83. The minimum atomic E-state index is -4.93. The Morgan fingerprint density at radius 3 is 2.35 bits per heavy atom. The molecule has 0 bridgehead atoms. The number of alkyl halides is 3. The number of carbonyl (C=O) groups is 2. The first-order valence-corrected chi connectivity index (χ1v) is 6.42. The summed E-state index contributed by atoms with van der Waals surface area (Å²) < 4.78 is 38.6. The molecule has 1 amide bonds. The lowest BCUT2D eigenvalue weighted by Crippen LogP contribution is -2.66. The number of likely N-dealkylation sites (tertiary alicyclic amines) is 1. The molecule has 0 radical (unpaired) electrons. The van der Waals surface area contributed by atoms with Crippen molar-refractivity contribution in [2.45, 2.75) is 56.8 Å². The van der Waals surface area contributed by atoms with Gasteiger partial charge in [-0.25, -0.2) is 4.79 Å². The van der Waals surface area contributed by atoms with Crippen LogP contribution in [0.5, 0.6) is 0 Å². The molecule has 0 aliphatic carbocycles. The number of hydrogen-bond donors (Lipinski definition) is 2. The Hall–Kier alpha value is -1.31. The molecular formula is C12H19F3N2O3. The van der Waals surface area contributed by atoms with Crippen molar-refractivity contribution >= 4 is 11.9 Å². The van der Waals surface area contributed by atoms with Gasteiger partial charge in [-0.15, -0.1) is 0 Å². The second-order valence-corrected chi connectivity index (χ2v) is 5.35. The molecule has 0 saturated carbocycles. The van der Waals surface area contributed by atoms with Gasteiger partial charge in [-0.05, 0) is 26.2 Å². The molecule has 3 N–H and O–H groups in total. The van der Waals surface area contributed by atoms with Gasteiger partial charge in [-0.2, -0.15) is 13.2 Å². The first-order valence-electron chi connectivity index (χ1n) is 6.42. The number of hydrogen-bond acceptors (Lipinski definition) is 3. The third-order valence-corrected chi connectivity index (χ3v) is 3.83. The summed E-state index contributed by atoms with van der Waals surface area (Å²) in [6.07, 6.45) is -3.86. The summed E-state index contributed by atoms with van der Waals surface area (Å²) in [7, 11) is 0. The number of aliphatic carboxylic acids is 1. The maximum Gasteiger partial charge on any atom is 0.415 e. The van der Waals surface area contributed by atoms with E-state index >= 15 is 0 Å². The molecule has 1 saturated heterocycles. The summed E-state index contributed by atoms with van der Waals surface area (Å²) >= 11 is 0. The van der Waals surface area contributed by atoms with Gasteiger partial charge in [0.25, 0.3) is 5.91 Å². The van der Waals surface area contributed by atoms with Gasteiger partial charge in [-0.3, -0.25) is 4.79 Å². The predicted octanol–water partition coefficient (Wildman–Crippen LogP) is 1.51. The zero-order chi connectivity index (χ0) is 15.8. The van der Waals surface area contributed by atoms with Gasteiger partial charge in [0.1, 0.15) is 5.54 Å². The van der Waals surface area contributed by atoms with E-state index in [2.05, 4.69) is 0 Å². The van der Waals surface area contributed by atoms with Crippen LogP contribution in [0.4, 0.5) is 13.2 Å².